The second kappa shape index (κ2) is 13.1. The molecule has 1 aliphatic rings. The second-order valence-corrected chi connectivity index (χ2v) is 9.72. The monoisotopic (exact) mass is 505 g/mol. The molecule has 2 aromatic carbocycles. The van der Waals surface area contributed by atoms with Crippen LogP contribution in [0.4, 0.5) is 10.5 Å². The van der Waals surface area contributed by atoms with Crippen LogP contribution in [-0.2, 0) is 16.0 Å². The van der Waals surface area contributed by atoms with E-state index in [1.807, 2.05) is 37.3 Å². The summed E-state index contributed by atoms with van der Waals surface area (Å²) in [6, 6.07) is 13.9. The number of rotatable bonds is 11. The van der Waals surface area contributed by atoms with Gasteiger partial charge in [0.05, 0.1) is 17.7 Å². The summed E-state index contributed by atoms with van der Waals surface area (Å²) in [5, 5.41) is 5.90. The highest BCUT2D eigenvalue weighted by molar-refractivity contribution is 6.04. The van der Waals surface area contributed by atoms with Crippen molar-refractivity contribution in [2.45, 2.75) is 78.9 Å². The van der Waals surface area contributed by atoms with Crippen LogP contribution >= 0.6 is 0 Å². The molecule has 0 aromatic heterocycles. The summed E-state index contributed by atoms with van der Waals surface area (Å²) < 4.78 is 5.52. The number of nitrogens with one attached hydrogen (secondary N) is 2. The van der Waals surface area contributed by atoms with Gasteiger partial charge in [-0.15, -0.1) is 0 Å². The van der Waals surface area contributed by atoms with Gasteiger partial charge < -0.3 is 15.4 Å². The molecule has 3 rings (SSSR count). The summed E-state index contributed by atoms with van der Waals surface area (Å²) in [6.07, 6.45) is 4.98. The van der Waals surface area contributed by atoms with Crippen molar-refractivity contribution in [3.8, 4) is 0 Å². The lowest BCUT2D eigenvalue weighted by Crippen LogP contribution is -2.48. The number of nitrogens with zero attached hydrogens (tertiary/aromatic N) is 1. The first kappa shape index (κ1) is 28.0. The van der Waals surface area contributed by atoms with E-state index in [9.17, 15) is 14.4 Å². The number of esters is 1. The Labute approximate surface area is 220 Å². The van der Waals surface area contributed by atoms with Gasteiger partial charge in [0.25, 0.3) is 5.91 Å². The molecule has 0 spiro atoms. The molecule has 37 heavy (non-hydrogen) atoms. The number of ether oxygens (including phenoxy) is 1. The van der Waals surface area contributed by atoms with Gasteiger partial charge in [0, 0.05) is 23.5 Å². The molecule has 0 saturated heterocycles. The summed E-state index contributed by atoms with van der Waals surface area (Å²) in [5.74, 6) is -0.683. The molecule has 7 heteroatoms. The largest absolute Gasteiger partial charge is 0.459 e. The third kappa shape index (κ3) is 7.21. The normalized spacial score (nSPS) is 15.6. The summed E-state index contributed by atoms with van der Waals surface area (Å²) in [7, 11) is 0. The molecule has 2 N–H and O–H groups in total. The van der Waals surface area contributed by atoms with E-state index in [1.54, 1.807) is 43.9 Å². The third-order valence-corrected chi connectivity index (χ3v) is 6.37. The van der Waals surface area contributed by atoms with E-state index >= 15 is 0 Å². The van der Waals surface area contributed by atoms with Crippen molar-refractivity contribution in [2.75, 3.05) is 11.9 Å². The molecule has 198 valence electrons. The minimum absolute atomic E-state index is 0.217. The van der Waals surface area contributed by atoms with Gasteiger partial charge in [0.15, 0.2) is 0 Å². The van der Waals surface area contributed by atoms with Crippen molar-refractivity contribution in [1.82, 2.24) is 10.2 Å². The van der Waals surface area contributed by atoms with Gasteiger partial charge in [0.1, 0.15) is 0 Å². The van der Waals surface area contributed by atoms with Crippen LogP contribution in [-0.4, -0.2) is 35.5 Å². The Kier molecular flexibility index (Phi) is 9.89. The molecular weight excluding hydrogens is 466 g/mol. The topological polar surface area (TPSA) is 87.7 Å². The SMILES string of the molecule is CCCCCc1ccc(C(=O)Nc2cccc(C3NC(=O)N(CCC)C(C)=C3C(=O)OC(C)C)c2)cc1. The Bertz CT molecular complexity index is 1140. The number of anilines is 1. The standard InChI is InChI=1S/C30H39N3O4/c1-6-8-9-11-22-14-16-23(17-15-22)28(34)31-25-13-10-12-24(19-25)27-26(29(35)37-20(3)4)21(5)33(18-7-2)30(36)32-27/h10,12-17,19-20,27H,6-9,11,18H2,1-5H3,(H,31,34)(H,32,36). The fourth-order valence-corrected chi connectivity index (χ4v) is 4.47. The number of aryl methyl sites for hydroxylation is 1. The number of hydrogen-bond acceptors (Lipinski definition) is 4. The fraction of sp³-hybridized carbons (Fsp3) is 0.433. The smallest absolute Gasteiger partial charge is 0.338 e. The molecule has 0 saturated carbocycles. The van der Waals surface area contributed by atoms with E-state index in [-0.39, 0.29) is 18.0 Å². The highest BCUT2D eigenvalue weighted by Crippen LogP contribution is 2.33. The average Bonchev–Trinajstić information content (AvgIpc) is 2.86. The van der Waals surface area contributed by atoms with E-state index in [2.05, 4.69) is 17.6 Å². The van der Waals surface area contributed by atoms with Crippen LogP contribution in [0.5, 0.6) is 0 Å². The van der Waals surface area contributed by atoms with E-state index in [4.69, 9.17) is 4.74 Å². The number of carbonyl (C=O) groups excluding carboxylic acids is 3. The second-order valence-electron chi connectivity index (χ2n) is 9.72. The van der Waals surface area contributed by atoms with Crippen molar-refractivity contribution in [1.29, 1.82) is 0 Å². The molecule has 3 amide bonds. The van der Waals surface area contributed by atoms with E-state index in [1.165, 1.54) is 18.4 Å². The highest BCUT2D eigenvalue weighted by atomic mass is 16.5. The number of benzene rings is 2. The molecule has 1 heterocycles. The van der Waals surface area contributed by atoms with Gasteiger partial charge in [-0.25, -0.2) is 9.59 Å². The minimum Gasteiger partial charge on any atom is -0.459 e. The lowest BCUT2D eigenvalue weighted by atomic mass is 9.94. The predicted molar refractivity (Wildman–Crippen MR) is 146 cm³/mol. The lowest BCUT2D eigenvalue weighted by molar-refractivity contribution is -0.143. The van der Waals surface area contributed by atoms with Crippen molar-refractivity contribution in [2.24, 2.45) is 0 Å². The fourth-order valence-electron chi connectivity index (χ4n) is 4.47. The predicted octanol–water partition coefficient (Wildman–Crippen LogP) is 6.37. The Morgan fingerprint density at radius 2 is 1.78 bits per heavy atom. The van der Waals surface area contributed by atoms with Gasteiger partial charge in [-0.2, -0.15) is 0 Å². The number of amides is 3. The zero-order valence-corrected chi connectivity index (χ0v) is 22.6. The Balaban J connectivity index is 1.83. The summed E-state index contributed by atoms with van der Waals surface area (Å²) in [6.45, 7) is 10.0. The first-order valence-electron chi connectivity index (χ1n) is 13.2. The Morgan fingerprint density at radius 1 is 1.05 bits per heavy atom. The van der Waals surface area contributed by atoms with E-state index < -0.39 is 12.0 Å². The number of urea groups is 1. The molecule has 0 aliphatic carbocycles. The van der Waals surface area contributed by atoms with Crippen molar-refractivity contribution in [3.05, 3.63) is 76.5 Å². The van der Waals surface area contributed by atoms with Crippen LogP contribution in [0.3, 0.4) is 0 Å². The van der Waals surface area contributed by atoms with Crippen LogP contribution in [0.25, 0.3) is 0 Å². The summed E-state index contributed by atoms with van der Waals surface area (Å²) in [4.78, 5) is 40.5. The number of carbonyl (C=O) groups is 3. The first-order chi connectivity index (χ1) is 17.7. The molecule has 1 atom stereocenters. The van der Waals surface area contributed by atoms with Gasteiger partial charge in [-0.05, 0) is 75.4 Å². The average molecular weight is 506 g/mol. The Hall–Kier alpha value is -3.61. The van der Waals surface area contributed by atoms with Crippen LogP contribution in [0.2, 0.25) is 0 Å². The minimum atomic E-state index is -0.689. The van der Waals surface area contributed by atoms with Crippen LogP contribution < -0.4 is 10.6 Å². The summed E-state index contributed by atoms with van der Waals surface area (Å²) in [5.41, 5.74) is 4.03. The molecule has 2 aromatic rings. The number of hydrogen-bond donors (Lipinski definition) is 2. The lowest BCUT2D eigenvalue weighted by Gasteiger charge is -2.35. The van der Waals surface area contributed by atoms with Crippen LogP contribution in [0.15, 0.2) is 59.8 Å². The van der Waals surface area contributed by atoms with Gasteiger partial charge in [0.2, 0.25) is 0 Å². The van der Waals surface area contributed by atoms with Crippen LogP contribution in [0.1, 0.15) is 87.8 Å². The van der Waals surface area contributed by atoms with E-state index in [0.717, 1.165) is 19.3 Å². The zero-order valence-electron chi connectivity index (χ0n) is 22.6. The quantitative estimate of drug-likeness (QED) is 0.274. The summed E-state index contributed by atoms with van der Waals surface area (Å²) >= 11 is 0. The van der Waals surface area contributed by atoms with E-state index in [0.29, 0.717) is 34.6 Å². The van der Waals surface area contributed by atoms with Gasteiger partial charge in [-0.3, -0.25) is 9.69 Å². The van der Waals surface area contributed by atoms with Crippen molar-refractivity contribution >= 4 is 23.6 Å². The molecule has 0 bridgehead atoms. The van der Waals surface area contributed by atoms with Crippen molar-refractivity contribution < 1.29 is 19.1 Å². The van der Waals surface area contributed by atoms with Gasteiger partial charge >= 0.3 is 12.0 Å². The maximum absolute atomic E-state index is 13.1. The molecule has 1 aliphatic heterocycles. The number of allylic oxidation sites excluding steroid dienone is 1. The maximum atomic E-state index is 13.1. The Morgan fingerprint density at radius 3 is 2.43 bits per heavy atom. The van der Waals surface area contributed by atoms with Crippen molar-refractivity contribution in [3.63, 3.8) is 0 Å². The number of unbranched alkanes of at least 4 members (excludes halogenated alkanes) is 2. The third-order valence-electron chi connectivity index (χ3n) is 6.37. The van der Waals surface area contributed by atoms with Crippen LogP contribution in [0, 0.1) is 0 Å². The van der Waals surface area contributed by atoms with Gasteiger partial charge in [-0.1, -0.05) is 51.0 Å². The molecule has 7 nitrogen and oxygen atoms in total. The molecule has 1 unspecified atom stereocenters. The maximum Gasteiger partial charge on any atom is 0.338 e. The highest BCUT2D eigenvalue weighted by Gasteiger charge is 2.36. The zero-order chi connectivity index (χ0) is 26.9. The molecule has 0 fully saturated rings. The first-order valence-corrected chi connectivity index (χ1v) is 13.2. The molecular formula is C30H39N3O4. The molecule has 0 radical (unpaired) electrons.